The van der Waals surface area contributed by atoms with Crippen LogP contribution in [-0.4, -0.2) is 12.6 Å². The molecule has 0 heterocycles. The van der Waals surface area contributed by atoms with Gasteiger partial charge in [-0.2, -0.15) is 0 Å². The quantitative estimate of drug-likeness (QED) is 0.471. The Morgan fingerprint density at radius 3 is 2.08 bits per heavy atom. The maximum Gasteiger partial charge on any atom is 0.306 e. The molecule has 0 saturated carbocycles. The number of rotatable bonds is 8. The molecule has 24 heavy (non-hydrogen) atoms. The molecule has 128 valence electrons. The van der Waals surface area contributed by atoms with E-state index in [1.165, 1.54) is 0 Å². The lowest BCUT2D eigenvalue weighted by Gasteiger charge is -2.13. The van der Waals surface area contributed by atoms with Gasteiger partial charge in [-0.1, -0.05) is 56.7 Å². The van der Waals surface area contributed by atoms with E-state index in [2.05, 4.69) is 31.2 Å². The highest BCUT2D eigenvalue weighted by molar-refractivity contribution is 5.69. The van der Waals surface area contributed by atoms with E-state index >= 15 is 0 Å². The van der Waals surface area contributed by atoms with E-state index in [9.17, 15) is 4.79 Å². The molecule has 2 rings (SSSR count). The monoisotopic (exact) mass is 326 g/mol. The Morgan fingerprint density at radius 1 is 0.958 bits per heavy atom. The molecule has 0 bridgehead atoms. The van der Waals surface area contributed by atoms with Crippen molar-refractivity contribution in [2.24, 2.45) is 0 Å². The molecular weight excluding hydrogens is 300 g/mol. The molecule has 3 nitrogen and oxygen atoms in total. The number of carbonyl (C=O) groups excluding carboxylic acids is 1. The summed E-state index contributed by atoms with van der Waals surface area (Å²) in [6.45, 7) is 6.61. The summed E-state index contributed by atoms with van der Waals surface area (Å²) in [6, 6.07) is 16.3. The van der Waals surface area contributed by atoms with Crippen LogP contribution in [0.3, 0.4) is 0 Å². The van der Waals surface area contributed by atoms with Gasteiger partial charge in [0.2, 0.25) is 0 Å². The van der Waals surface area contributed by atoms with Gasteiger partial charge in [-0.05, 0) is 42.2 Å². The summed E-state index contributed by atoms with van der Waals surface area (Å²) in [5.41, 5.74) is 3.27. The summed E-state index contributed by atoms with van der Waals surface area (Å²) in [5.74, 6) is 0.731. The molecule has 1 unspecified atom stereocenters. The molecule has 2 aromatic carbocycles. The number of carbonyl (C=O) groups is 1. The smallest absolute Gasteiger partial charge is 0.306 e. The molecular formula is C21H26O3. The SMILES string of the molecule is CCCCOc1ccc(-c2ccc(C(C)OC(=O)CC)cc2)cc1. The summed E-state index contributed by atoms with van der Waals surface area (Å²) in [4.78, 5) is 11.4. The number of benzene rings is 2. The van der Waals surface area contributed by atoms with Crippen molar-refractivity contribution in [2.75, 3.05) is 6.61 Å². The predicted octanol–water partition coefficient (Wildman–Crippen LogP) is 5.55. The van der Waals surface area contributed by atoms with E-state index in [1.807, 2.05) is 31.2 Å². The second-order valence-electron chi connectivity index (χ2n) is 5.83. The van der Waals surface area contributed by atoms with Gasteiger partial charge in [0.15, 0.2) is 0 Å². The standard InChI is InChI=1S/C21H26O3/c1-4-6-15-23-20-13-11-19(12-14-20)18-9-7-17(8-10-18)16(3)24-21(22)5-2/h7-14,16H,4-6,15H2,1-3H3. The zero-order chi connectivity index (χ0) is 17.4. The van der Waals surface area contributed by atoms with Gasteiger partial charge in [-0.15, -0.1) is 0 Å². The molecule has 0 aromatic heterocycles. The van der Waals surface area contributed by atoms with Gasteiger partial charge in [-0.3, -0.25) is 4.79 Å². The molecule has 0 aliphatic rings. The Labute approximate surface area is 144 Å². The highest BCUT2D eigenvalue weighted by Crippen LogP contribution is 2.25. The Bertz CT molecular complexity index is 629. The molecule has 0 aliphatic heterocycles. The number of hydrogen-bond acceptors (Lipinski definition) is 3. The van der Waals surface area contributed by atoms with Crippen molar-refractivity contribution >= 4 is 5.97 Å². The lowest BCUT2D eigenvalue weighted by Crippen LogP contribution is -2.07. The topological polar surface area (TPSA) is 35.5 Å². The van der Waals surface area contributed by atoms with Gasteiger partial charge in [0, 0.05) is 6.42 Å². The maximum absolute atomic E-state index is 11.4. The Balaban J connectivity index is 2.01. The molecule has 1 atom stereocenters. The van der Waals surface area contributed by atoms with Gasteiger partial charge in [0.1, 0.15) is 11.9 Å². The molecule has 0 saturated heterocycles. The number of ether oxygens (including phenoxy) is 2. The van der Waals surface area contributed by atoms with E-state index in [0.717, 1.165) is 41.9 Å². The molecule has 0 amide bonds. The van der Waals surface area contributed by atoms with E-state index in [1.54, 1.807) is 6.92 Å². The van der Waals surface area contributed by atoms with E-state index in [0.29, 0.717) is 6.42 Å². The second kappa shape index (κ2) is 9.11. The minimum atomic E-state index is -0.221. The largest absolute Gasteiger partial charge is 0.494 e. The van der Waals surface area contributed by atoms with Gasteiger partial charge in [-0.25, -0.2) is 0 Å². The fourth-order valence-electron chi connectivity index (χ4n) is 2.37. The van der Waals surface area contributed by atoms with Crippen LogP contribution >= 0.6 is 0 Å². The third-order valence-corrected chi connectivity index (χ3v) is 3.93. The van der Waals surface area contributed by atoms with Crippen LogP contribution in [0.5, 0.6) is 5.75 Å². The fraction of sp³-hybridized carbons (Fsp3) is 0.381. The molecule has 0 aliphatic carbocycles. The summed E-state index contributed by atoms with van der Waals surface area (Å²) >= 11 is 0. The van der Waals surface area contributed by atoms with E-state index in [-0.39, 0.29) is 12.1 Å². The van der Waals surface area contributed by atoms with Crippen LogP contribution in [0.4, 0.5) is 0 Å². The van der Waals surface area contributed by atoms with Crippen molar-refractivity contribution in [2.45, 2.75) is 46.1 Å². The average Bonchev–Trinajstić information content (AvgIpc) is 2.62. The van der Waals surface area contributed by atoms with Crippen LogP contribution in [0, 0.1) is 0 Å². The predicted molar refractivity (Wildman–Crippen MR) is 97.1 cm³/mol. The second-order valence-corrected chi connectivity index (χ2v) is 5.83. The Kier molecular flexibility index (Phi) is 6.86. The van der Waals surface area contributed by atoms with Crippen molar-refractivity contribution in [1.82, 2.24) is 0 Å². The molecule has 0 spiro atoms. The van der Waals surface area contributed by atoms with E-state index in [4.69, 9.17) is 9.47 Å². The molecule has 0 fully saturated rings. The zero-order valence-corrected chi connectivity index (χ0v) is 14.7. The zero-order valence-electron chi connectivity index (χ0n) is 14.7. The third kappa shape index (κ3) is 5.12. The summed E-state index contributed by atoms with van der Waals surface area (Å²) < 4.78 is 11.0. The summed E-state index contributed by atoms with van der Waals surface area (Å²) in [7, 11) is 0. The molecule has 3 heteroatoms. The van der Waals surface area contributed by atoms with Crippen molar-refractivity contribution in [3.63, 3.8) is 0 Å². The third-order valence-electron chi connectivity index (χ3n) is 3.93. The van der Waals surface area contributed by atoms with Crippen LogP contribution in [0.2, 0.25) is 0 Å². The molecule has 0 radical (unpaired) electrons. The molecule has 2 aromatic rings. The minimum Gasteiger partial charge on any atom is -0.494 e. The normalized spacial score (nSPS) is 11.8. The molecule has 0 N–H and O–H groups in total. The van der Waals surface area contributed by atoms with Gasteiger partial charge >= 0.3 is 5.97 Å². The van der Waals surface area contributed by atoms with Crippen LogP contribution in [0.25, 0.3) is 11.1 Å². The first kappa shape index (κ1) is 18.1. The summed E-state index contributed by atoms with van der Waals surface area (Å²) in [5, 5.41) is 0. The number of unbranched alkanes of at least 4 members (excludes halogenated alkanes) is 1. The van der Waals surface area contributed by atoms with Crippen LogP contribution in [-0.2, 0) is 9.53 Å². The Hall–Kier alpha value is -2.29. The first-order valence-electron chi connectivity index (χ1n) is 8.66. The summed E-state index contributed by atoms with van der Waals surface area (Å²) in [6.07, 6.45) is 2.39. The van der Waals surface area contributed by atoms with Crippen molar-refractivity contribution in [1.29, 1.82) is 0 Å². The van der Waals surface area contributed by atoms with Gasteiger partial charge < -0.3 is 9.47 Å². The lowest BCUT2D eigenvalue weighted by molar-refractivity contribution is -0.148. The lowest BCUT2D eigenvalue weighted by atomic mass is 10.0. The van der Waals surface area contributed by atoms with Crippen LogP contribution in [0.1, 0.15) is 51.7 Å². The first-order chi connectivity index (χ1) is 11.6. The van der Waals surface area contributed by atoms with Crippen LogP contribution < -0.4 is 4.74 Å². The average molecular weight is 326 g/mol. The van der Waals surface area contributed by atoms with Gasteiger partial charge in [0.25, 0.3) is 0 Å². The van der Waals surface area contributed by atoms with Crippen molar-refractivity contribution < 1.29 is 14.3 Å². The highest BCUT2D eigenvalue weighted by Gasteiger charge is 2.10. The maximum atomic E-state index is 11.4. The fourth-order valence-corrected chi connectivity index (χ4v) is 2.37. The number of hydrogen-bond donors (Lipinski definition) is 0. The number of esters is 1. The first-order valence-corrected chi connectivity index (χ1v) is 8.66. The highest BCUT2D eigenvalue weighted by atomic mass is 16.5. The van der Waals surface area contributed by atoms with Crippen LogP contribution in [0.15, 0.2) is 48.5 Å². The Morgan fingerprint density at radius 2 is 1.54 bits per heavy atom. The minimum absolute atomic E-state index is 0.176. The van der Waals surface area contributed by atoms with Crippen molar-refractivity contribution in [3.8, 4) is 16.9 Å². The van der Waals surface area contributed by atoms with Gasteiger partial charge in [0.05, 0.1) is 6.61 Å². The van der Waals surface area contributed by atoms with Crippen molar-refractivity contribution in [3.05, 3.63) is 54.1 Å². The van der Waals surface area contributed by atoms with E-state index < -0.39 is 0 Å².